The van der Waals surface area contributed by atoms with Gasteiger partial charge in [-0.05, 0) is 56.7 Å². The quantitative estimate of drug-likeness (QED) is 0.832. The smallest absolute Gasteiger partial charge is 0.325 e. The second-order valence-corrected chi connectivity index (χ2v) is 7.33. The van der Waals surface area contributed by atoms with Gasteiger partial charge in [-0.3, -0.25) is 19.5 Å². The zero-order valence-electron chi connectivity index (χ0n) is 14.7. The predicted molar refractivity (Wildman–Crippen MR) is 91.6 cm³/mol. The molecule has 4 amide bonds. The zero-order valence-corrected chi connectivity index (χ0v) is 14.7. The summed E-state index contributed by atoms with van der Waals surface area (Å²) in [6, 6.07) is 3.56. The third-order valence-corrected chi connectivity index (χ3v) is 4.98. The maximum absolute atomic E-state index is 12.5. The Morgan fingerprint density at radius 2 is 1.88 bits per heavy atom. The van der Waals surface area contributed by atoms with Crippen LogP contribution in [0, 0.1) is 5.92 Å². The fourth-order valence-electron chi connectivity index (χ4n) is 3.44. The molecule has 3 rings (SSSR count). The Kier molecular flexibility index (Phi) is 4.74. The molecule has 1 aromatic heterocycles. The molecular formula is C18H24N4O3. The van der Waals surface area contributed by atoms with Crippen molar-refractivity contribution in [2.75, 3.05) is 19.6 Å². The molecule has 2 aliphatic heterocycles. The highest BCUT2D eigenvalue weighted by Gasteiger charge is 2.45. The maximum Gasteiger partial charge on any atom is 0.325 e. The summed E-state index contributed by atoms with van der Waals surface area (Å²) in [5.74, 6) is 0.0316. The minimum absolute atomic E-state index is 0.163. The molecule has 1 N–H and O–H groups in total. The topological polar surface area (TPSA) is 82.6 Å². The molecule has 0 spiro atoms. The number of pyridine rings is 1. The van der Waals surface area contributed by atoms with Gasteiger partial charge in [-0.2, -0.15) is 0 Å². The summed E-state index contributed by atoms with van der Waals surface area (Å²) in [6.07, 6.45) is 6.45. The highest BCUT2D eigenvalue weighted by molar-refractivity contribution is 6.08. The Labute approximate surface area is 147 Å². The number of imide groups is 1. The number of likely N-dealkylation sites (tertiary alicyclic amines) is 1. The Hall–Kier alpha value is -2.44. The first-order valence-corrected chi connectivity index (χ1v) is 8.67. The van der Waals surface area contributed by atoms with Crippen LogP contribution in [0.25, 0.3) is 0 Å². The number of hydrogen-bond acceptors (Lipinski definition) is 4. The standard InChI is InChI=1S/C18H24N4O3/c1-18(2)16(24)22(17(25)20-18)12-15(23)21-9-5-14(6-10-21)11-13-3-7-19-8-4-13/h3-4,7-8,14H,5-6,9-12H2,1-2H3,(H,20,25). The van der Waals surface area contributed by atoms with Crippen LogP contribution in [-0.2, 0) is 16.0 Å². The van der Waals surface area contributed by atoms with E-state index in [4.69, 9.17) is 0 Å². The number of urea groups is 1. The SMILES string of the molecule is CC1(C)NC(=O)N(CC(=O)N2CCC(Cc3ccncc3)CC2)C1=O. The highest BCUT2D eigenvalue weighted by Crippen LogP contribution is 2.22. The summed E-state index contributed by atoms with van der Waals surface area (Å²) in [5.41, 5.74) is 0.330. The second-order valence-electron chi connectivity index (χ2n) is 7.33. The first-order chi connectivity index (χ1) is 11.9. The number of carbonyl (C=O) groups excluding carboxylic acids is 3. The molecule has 1 aromatic rings. The van der Waals surface area contributed by atoms with Gasteiger partial charge < -0.3 is 10.2 Å². The summed E-state index contributed by atoms with van der Waals surface area (Å²) in [6.45, 7) is 4.44. The summed E-state index contributed by atoms with van der Waals surface area (Å²) >= 11 is 0. The van der Waals surface area contributed by atoms with Crippen LogP contribution >= 0.6 is 0 Å². The van der Waals surface area contributed by atoms with E-state index in [0.717, 1.165) is 24.2 Å². The van der Waals surface area contributed by atoms with Crippen LogP contribution < -0.4 is 5.32 Å². The fraction of sp³-hybridized carbons (Fsp3) is 0.556. The molecule has 3 heterocycles. The van der Waals surface area contributed by atoms with Gasteiger partial charge in [0.2, 0.25) is 5.91 Å². The molecule has 7 heteroatoms. The molecule has 0 bridgehead atoms. The minimum Gasteiger partial charge on any atom is -0.341 e. The van der Waals surface area contributed by atoms with Crippen molar-refractivity contribution in [3.63, 3.8) is 0 Å². The molecule has 0 saturated carbocycles. The van der Waals surface area contributed by atoms with Crippen molar-refractivity contribution in [2.24, 2.45) is 5.92 Å². The van der Waals surface area contributed by atoms with Crippen LogP contribution in [0.1, 0.15) is 32.3 Å². The van der Waals surface area contributed by atoms with E-state index in [1.807, 2.05) is 12.1 Å². The lowest BCUT2D eigenvalue weighted by atomic mass is 9.90. The van der Waals surface area contributed by atoms with E-state index in [9.17, 15) is 14.4 Å². The van der Waals surface area contributed by atoms with E-state index in [2.05, 4.69) is 10.3 Å². The summed E-state index contributed by atoms with van der Waals surface area (Å²) in [5, 5.41) is 2.60. The van der Waals surface area contributed by atoms with Gasteiger partial charge in [0.15, 0.2) is 0 Å². The normalized spacial score (nSPS) is 20.7. The van der Waals surface area contributed by atoms with Gasteiger partial charge in [-0.1, -0.05) is 0 Å². The molecule has 134 valence electrons. The first kappa shape index (κ1) is 17.4. The Bertz CT molecular complexity index is 666. The molecule has 0 aliphatic carbocycles. The van der Waals surface area contributed by atoms with Gasteiger partial charge >= 0.3 is 6.03 Å². The van der Waals surface area contributed by atoms with Crippen molar-refractivity contribution >= 4 is 17.8 Å². The number of rotatable bonds is 4. The van der Waals surface area contributed by atoms with Crippen molar-refractivity contribution in [2.45, 2.75) is 38.6 Å². The lowest BCUT2D eigenvalue weighted by Gasteiger charge is -2.32. The monoisotopic (exact) mass is 344 g/mol. The Morgan fingerprint density at radius 3 is 2.44 bits per heavy atom. The molecule has 0 radical (unpaired) electrons. The van der Waals surface area contributed by atoms with E-state index in [-0.39, 0.29) is 18.4 Å². The fourth-order valence-corrected chi connectivity index (χ4v) is 3.44. The number of aromatic nitrogens is 1. The lowest BCUT2D eigenvalue weighted by molar-refractivity contribution is -0.139. The van der Waals surface area contributed by atoms with Crippen molar-refractivity contribution in [3.05, 3.63) is 30.1 Å². The van der Waals surface area contributed by atoms with Gasteiger partial charge in [0.1, 0.15) is 12.1 Å². The number of nitrogens with zero attached hydrogens (tertiary/aromatic N) is 3. The third-order valence-electron chi connectivity index (χ3n) is 4.98. The van der Waals surface area contributed by atoms with E-state index >= 15 is 0 Å². The second kappa shape index (κ2) is 6.82. The number of nitrogens with one attached hydrogen (secondary N) is 1. The Balaban J connectivity index is 1.50. The predicted octanol–water partition coefficient (Wildman–Crippen LogP) is 1.19. The molecule has 0 unspecified atom stereocenters. The van der Waals surface area contributed by atoms with Crippen LogP contribution in [0.4, 0.5) is 4.79 Å². The van der Waals surface area contributed by atoms with Crippen molar-refractivity contribution < 1.29 is 14.4 Å². The average molecular weight is 344 g/mol. The molecule has 2 saturated heterocycles. The lowest BCUT2D eigenvalue weighted by Crippen LogP contribution is -2.46. The van der Waals surface area contributed by atoms with E-state index in [1.165, 1.54) is 5.56 Å². The van der Waals surface area contributed by atoms with Gasteiger partial charge in [-0.25, -0.2) is 4.79 Å². The van der Waals surface area contributed by atoms with Crippen LogP contribution in [0.5, 0.6) is 0 Å². The summed E-state index contributed by atoms with van der Waals surface area (Å²) in [4.78, 5) is 43.3. The highest BCUT2D eigenvalue weighted by atomic mass is 16.2. The van der Waals surface area contributed by atoms with E-state index in [1.54, 1.807) is 31.1 Å². The molecule has 25 heavy (non-hydrogen) atoms. The van der Waals surface area contributed by atoms with Gasteiger partial charge in [-0.15, -0.1) is 0 Å². The minimum atomic E-state index is -0.936. The maximum atomic E-state index is 12.5. The number of amides is 4. The zero-order chi connectivity index (χ0) is 18.0. The molecular weight excluding hydrogens is 320 g/mol. The number of piperidine rings is 1. The number of carbonyl (C=O) groups is 3. The number of hydrogen-bond donors (Lipinski definition) is 1. The summed E-state index contributed by atoms with van der Waals surface area (Å²) < 4.78 is 0. The van der Waals surface area contributed by atoms with Gasteiger partial charge in [0.25, 0.3) is 5.91 Å². The van der Waals surface area contributed by atoms with Crippen molar-refractivity contribution in [1.29, 1.82) is 0 Å². The van der Waals surface area contributed by atoms with Crippen LogP contribution in [-0.4, -0.2) is 57.8 Å². The first-order valence-electron chi connectivity index (χ1n) is 8.67. The summed E-state index contributed by atoms with van der Waals surface area (Å²) in [7, 11) is 0. The van der Waals surface area contributed by atoms with Gasteiger partial charge in [0, 0.05) is 25.5 Å². The van der Waals surface area contributed by atoms with E-state index in [0.29, 0.717) is 19.0 Å². The molecule has 2 fully saturated rings. The van der Waals surface area contributed by atoms with Crippen LogP contribution in [0.15, 0.2) is 24.5 Å². The largest absolute Gasteiger partial charge is 0.341 e. The van der Waals surface area contributed by atoms with E-state index < -0.39 is 11.6 Å². The molecule has 0 atom stereocenters. The molecule has 0 aromatic carbocycles. The van der Waals surface area contributed by atoms with Crippen molar-refractivity contribution in [1.82, 2.24) is 20.1 Å². The average Bonchev–Trinajstić information content (AvgIpc) is 2.78. The third kappa shape index (κ3) is 3.81. The molecule has 2 aliphatic rings. The van der Waals surface area contributed by atoms with Crippen molar-refractivity contribution in [3.8, 4) is 0 Å². The van der Waals surface area contributed by atoms with Crippen LogP contribution in [0.2, 0.25) is 0 Å². The molecule has 7 nitrogen and oxygen atoms in total. The van der Waals surface area contributed by atoms with Crippen LogP contribution in [0.3, 0.4) is 0 Å². The van der Waals surface area contributed by atoms with Gasteiger partial charge in [0.05, 0.1) is 0 Å². The Morgan fingerprint density at radius 1 is 1.24 bits per heavy atom.